The Morgan fingerprint density at radius 2 is 1.75 bits per heavy atom. The van der Waals surface area contributed by atoms with Crippen LogP contribution in [-0.2, 0) is 11.5 Å². The molecule has 12 heavy (non-hydrogen) atoms. The van der Waals surface area contributed by atoms with E-state index in [0.717, 1.165) is 0 Å². The molecule has 68 valence electrons. The molecule has 0 aromatic heterocycles. The molecule has 0 aliphatic carbocycles. The molecule has 0 saturated carbocycles. The monoisotopic (exact) mass is 226 g/mol. The summed E-state index contributed by atoms with van der Waals surface area (Å²) in [6.07, 6.45) is 3.37. The average molecular weight is 227 g/mol. The molecule has 0 aromatic rings. The van der Waals surface area contributed by atoms with Crippen molar-refractivity contribution in [1.29, 1.82) is 0 Å². The van der Waals surface area contributed by atoms with Gasteiger partial charge in [0.15, 0.2) is 0 Å². The fourth-order valence-electron chi connectivity index (χ4n) is 0.511. The minimum atomic E-state index is 0.158. The van der Waals surface area contributed by atoms with Crippen molar-refractivity contribution in [3.05, 3.63) is 23.2 Å². The fourth-order valence-corrected chi connectivity index (χ4v) is 0.898. The van der Waals surface area contributed by atoms with Gasteiger partial charge in [0.25, 0.3) is 0 Å². The first kappa shape index (κ1) is 11.8. The Hall–Kier alpha value is -0.160. The molecule has 0 amide bonds. The Bertz CT molecular complexity index is 200. The van der Waals surface area contributed by atoms with E-state index in [1.165, 1.54) is 16.1 Å². The van der Waals surface area contributed by atoms with E-state index in [9.17, 15) is 4.21 Å². The molecule has 0 saturated heterocycles. The summed E-state index contributed by atoms with van der Waals surface area (Å²) < 4.78 is 13.6. The van der Waals surface area contributed by atoms with E-state index in [1.807, 2.05) is 0 Å². The SMILES string of the molecule is O=S=NN(C/C=C/Cl)C/C=C/Cl. The normalized spacial score (nSPS) is 11.6. The zero-order valence-corrected chi connectivity index (χ0v) is 8.52. The van der Waals surface area contributed by atoms with E-state index >= 15 is 0 Å². The Morgan fingerprint density at radius 1 is 1.25 bits per heavy atom. The molecule has 0 fully saturated rings. The van der Waals surface area contributed by atoms with Crippen LogP contribution in [0.4, 0.5) is 0 Å². The van der Waals surface area contributed by atoms with E-state index in [-0.39, 0.29) is 11.5 Å². The third-order valence-electron chi connectivity index (χ3n) is 0.959. The zero-order chi connectivity index (χ0) is 9.23. The summed E-state index contributed by atoms with van der Waals surface area (Å²) in [6.45, 7) is 1.000. The summed E-state index contributed by atoms with van der Waals surface area (Å²) in [7, 11) is 0. The number of hydrogen-bond acceptors (Lipinski definition) is 2. The van der Waals surface area contributed by atoms with Crippen molar-refractivity contribution in [1.82, 2.24) is 5.01 Å². The predicted octanol–water partition coefficient (Wildman–Crippen LogP) is 2.10. The maximum atomic E-state index is 10.1. The number of nitrogens with zero attached hydrogens (tertiary/aromatic N) is 2. The molecule has 0 bridgehead atoms. The second-order valence-electron chi connectivity index (χ2n) is 1.75. The van der Waals surface area contributed by atoms with Crippen LogP contribution in [-0.4, -0.2) is 22.3 Å². The van der Waals surface area contributed by atoms with Gasteiger partial charge in [-0.25, -0.2) is 0 Å². The lowest BCUT2D eigenvalue weighted by atomic mass is 10.5. The van der Waals surface area contributed by atoms with Gasteiger partial charge in [0.1, 0.15) is 0 Å². The first-order chi connectivity index (χ1) is 5.85. The van der Waals surface area contributed by atoms with Gasteiger partial charge in [0.05, 0.1) is 0 Å². The topological polar surface area (TPSA) is 32.7 Å². The summed E-state index contributed by atoms with van der Waals surface area (Å²) in [5, 5.41) is 1.54. The van der Waals surface area contributed by atoms with E-state index < -0.39 is 0 Å². The summed E-state index contributed by atoms with van der Waals surface area (Å²) in [5.41, 5.74) is 2.75. The first-order valence-electron chi connectivity index (χ1n) is 3.10. The van der Waals surface area contributed by atoms with Gasteiger partial charge < -0.3 is 0 Å². The maximum Gasteiger partial charge on any atom is 0.218 e. The molecule has 6 heteroatoms. The van der Waals surface area contributed by atoms with Gasteiger partial charge in [-0.2, -0.15) is 9.22 Å². The minimum Gasteiger partial charge on any atom is -0.190 e. The molecule has 0 aliphatic heterocycles. The van der Waals surface area contributed by atoms with Crippen molar-refractivity contribution in [2.75, 3.05) is 13.1 Å². The van der Waals surface area contributed by atoms with E-state index in [2.05, 4.69) is 4.47 Å². The summed E-state index contributed by atoms with van der Waals surface area (Å²) >= 11 is 10.8. The smallest absolute Gasteiger partial charge is 0.190 e. The van der Waals surface area contributed by atoms with Gasteiger partial charge >= 0.3 is 0 Å². The van der Waals surface area contributed by atoms with Crippen LogP contribution in [0, 0.1) is 0 Å². The van der Waals surface area contributed by atoms with Gasteiger partial charge in [-0.05, 0) is 0 Å². The lowest BCUT2D eigenvalue weighted by Crippen LogP contribution is -2.16. The maximum absolute atomic E-state index is 10.1. The van der Waals surface area contributed by atoms with E-state index in [0.29, 0.717) is 13.1 Å². The molecule has 0 rings (SSSR count). The van der Waals surface area contributed by atoms with Crippen LogP contribution in [0.5, 0.6) is 0 Å². The quantitative estimate of drug-likeness (QED) is 0.674. The van der Waals surface area contributed by atoms with Crippen LogP contribution < -0.4 is 0 Å². The van der Waals surface area contributed by atoms with E-state index in [4.69, 9.17) is 23.2 Å². The summed E-state index contributed by atoms with van der Waals surface area (Å²) in [4.78, 5) is 0. The number of halogens is 2. The first-order valence-corrected chi connectivity index (χ1v) is 4.67. The van der Waals surface area contributed by atoms with Gasteiger partial charge in [0.2, 0.25) is 11.5 Å². The summed E-state index contributed by atoms with van der Waals surface area (Å²) in [6, 6.07) is 0. The highest BCUT2D eigenvalue weighted by Crippen LogP contribution is 1.92. The highest BCUT2D eigenvalue weighted by molar-refractivity contribution is 7.54. The van der Waals surface area contributed by atoms with Crippen molar-refractivity contribution < 1.29 is 4.21 Å². The Balaban J connectivity index is 3.93. The Labute approximate surface area is 84.9 Å². The van der Waals surface area contributed by atoms with Crippen molar-refractivity contribution in [3.8, 4) is 0 Å². The minimum absolute atomic E-state index is 0.158. The van der Waals surface area contributed by atoms with Gasteiger partial charge in [-0.3, -0.25) is 0 Å². The van der Waals surface area contributed by atoms with Crippen LogP contribution in [0.25, 0.3) is 0 Å². The third kappa shape index (κ3) is 6.54. The van der Waals surface area contributed by atoms with Crippen LogP contribution in [0.1, 0.15) is 0 Å². The largest absolute Gasteiger partial charge is 0.218 e. The van der Waals surface area contributed by atoms with Crippen molar-refractivity contribution in [2.45, 2.75) is 0 Å². The van der Waals surface area contributed by atoms with Gasteiger partial charge in [-0.15, -0.1) is 4.47 Å². The zero-order valence-electron chi connectivity index (χ0n) is 6.19. The van der Waals surface area contributed by atoms with Crippen LogP contribution in [0.3, 0.4) is 0 Å². The molecule has 0 aliphatic rings. The van der Waals surface area contributed by atoms with Crippen molar-refractivity contribution in [3.63, 3.8) is 0 Å². The lowest BCUT2D eigenvalue weighted by Gasteiger charge is -2.07. The summed E-state index contributed by atoms with van der Waals surface area (Å²) in [5.74, 6) is 0. The third-order valence-corrected chi connectivity index (χ3v) is 1.61. The van der Waals surface area contributed by atoms with Crippen LogP contribution in [0.15, 0.2) is 27.7 Å². The Kier molecular flexibility index (Phi) is 8.81. The molecule has 0 aromatic carbocycles. The average Bonchev–Trinajstić information content (AvgIpc) is 2.10. The van der Waals surface area contributed by atoms with Crippen molar-refractivity contribution in [2.24, 2.45) is 4.47 Å². The highest BCUT2D eigenvalue weighted by Gasteiger charge is 1.95. The van der Waals surface area contributed by atoms with Crippen LogP contribution >= 0.6 is 23.2 Å². The number of hydrogen-bond donors (Lipinski definition) is 0. The van der Waals surface area contributed by atoms with Gasteiger partial charge in [-0.1, -0.05) is 35.4 Å². The molecule has 0 radical (unpaired) electrons. The van der Waals surface area contributed by atoms with Gasteiger partial charge in [0, 0.05) is 24.2 Å². The molecule has 0 N–H and O–H groups in total. The Morgan fingerprint density at radius 3 is 2.08 bits per heavy atom. The lowest BCUT2D eigenvalue weighted by molar-refractivity contribution is 0.362. The molecular formula is C6H8Cl2N2OS. The number of rotatable bonds is 5. The predicted molar refractivity (Wildman–Crippen MR) is 52.1 cm³/mol. The van der Waals surface area contributed by atoms with Crippen molar-refractivity contribution >= 4 is 34.7 Å². The molecular weight excluding hydrogens is 219 g/mol. The van der Waals surface area contributed by atoms with Crippen LogP contribution in [0.2, 0.25) is 0 Å². The van der Waals surface area contributed by atoms with E-state index in [1.54, 1.807) is 12.2 Å². The standard InChI is InChI=1S/C6H8Cl2N2OS/c7-3-1-5-10(9-12-11)6-2-4-8/h1-4H,5-6H2/b3-1+,4-2+. The second kappa shape index (κ2) is 8.93. The molecule has 0 spiro atoms. The molecule has 0 atom stereocenters. The second-order valence-corrected chi connectivity index (χ2v) is 2.57. The highest BCUT2D eigenvalue weighted by atomic mass is 35.5. The molecule has 3 nitrogen and oxygen atoms in total. The fraction of sp³-hybridized carbons (Fsp3) is 0.333. The molecule has 0 heterocycles. The molecule has 0 unspecified atom stereocenters.